The van der Waals surface area contributed by atoms with Crippen LogP contribution < -0.4 is 5.73 Å². The fourth-order valence-corrected chi connectivity index (χ4v) is 1.40. The Morgan fingerprint density at radius 3 is 2.06 bits per heavy atom. The average Bonchev–Trinajstić information content (AvgIpc) is 2.44. The van der Waals surface area contributed by atoms with Crippen molar-refractivity contribution in [3.8, 4) is 0 Å². The third-order valence-electron chi connectivity index (χ3n) is 2.13. The molecular weight excluding hydrogens is 219 g/mol. The summed E-state index contributed by atoms with van der Waals surface area (Å²) in [5.74, 6) is 0. The lowest BCUT2D eigenvalue weighted by Gasteiger charge is -2.23. The Balaban J connectivity index is 3.32. The maximum absolute atomic E-state index is 12.5. The molecule has 0 bridgehead atoms. The monoisotopic (exact) mass is 235 g/mol. The SMILES string of the molecule is CC(N)c1cc(C(F)(F)F)nn1C(C)(C)C. The molecule has 1 aromatic rings. The Labute approximate surface area is 92.4 Å². The molecule has 1 aromatic heterocycles. The highest BCUT2D eigenvalue weighted by atomic mass is 19.4. The van der Waals surface area contributed by atoms with Gasteiger partial charge in [-0.2, -0.15) is 18.3 Å². The van der Waals surface area contributed by atoms with Crippen molar-refractivity contribution in [2.45, 2.75) is 45.5 Å². The molecule has 0 amide bonds. The van der Waals surface area contributed by atoms with Crippen LogP contribution in [0.25, 0.3) is 0 Å². The molecule has 0 saturated heterocycles. The van der Waals surface area contributed by atoms with E-state index in [1.165, 1.54) is 4.68 Å². The molecule has 0 fully saturated rings. The first kappa shape index (κ1) is 13.0. The number of aromatic nitrogens is 2. The topological polar surface area (TPSA) is 43.8 Å². The largest absolute Gasteiger partial charge is 0.435 e. The number of halogens is 3. The van der Waals surface area contributed by atoms with Gasteiger partial charge in [0, 0.05) is 6.04 Å². The van der Waals surface area contributed by atoms with E-state index in [0.717, 1.165) is 6.07 Å². The van der Waals surface area contributed by atoms with E-state index in [1.807, 2.05) is 0 Å². The predicted octanol–water partition coefficient (Wildman–Crippen LogP) is 2.68. The number of hydrogen-bond acceptors (Lipinski definition) is 2. The van der Waals surface area contributed by atoms with Crippen LogP contribution in [0.3, 0.4) is 0 Å². The fraction of sp³-hybridized carbons (Fsp3) is 0.700. The van der Waals surface area contributed by atoms with Crippen molar-refractivity contribution in [3.63, 3.8) is 0 Å². The second kappa shape index (κ2) is 3.76. The molecule has 0 radical (unpaired) electrons. The Morgan fingerprint density at radius 1 is 1.31 bits per heavy atom. The van der Waals surface area contributed by atoms with Crippen LogP contribution in [0, 0.1) is 0 Å². The number of nitrogens with zero attached hydrogens (tertiary/aromatic N) is 2. The molecule has 0 spiro atoms. The van der Waals surface area contributed by atoms with Crippen molar-refractivity contribution < 1.29 is 13.2 Å². The minimum atomic E-state index is -4.43. The number of rotatable bonds is 1. The first-order valence-corrected chi connectivity index (χ1v) is 4.96. The first-order chi connectivity index (χ1) is 7.03. The Hall–Kier alpha value is -1.04. The predicted molar refractivity (Wildman–Crippen MR) is 54.8 cm³/mol. The van der Waals surface area contributed by atoms with Crippen LogP contribution in [-0.2, 0) is 11.7 Å². The van der Waals surface area contributed by atoms with E-state index in [0.29, 0.717) is 5.69 Å². The molecule has 3 nitrogen and oxygen atoms in total. The highest BCUT2D eigenvalue weighted by molar-refractivity contribution is 5.17. The van der Waals surface area contributed by atoms with Crippen molar-refractivity contribution in [3.05, 3.63) is 17.5 Å². The van der Waals surface area contributed by atoms with Gasteiger partial charge in [0.2, 0.25) is 0 Å². The Morgan fingerprint density at radius 2 is 1.81 bits per heavy atom. The van der Waals surface area contributed by atoms with Crippen molar-refractivity contribution in [1.82, 2.24) is 9.78 Å². The van der Waals surface area contributed by atoms with Crippen LogP contribution in [0.15, 0.2) is 6.07 Å². The third kappa shape index (κ3) is 2.55. The van der Waals surface area contributed by atoms with E-state index in [4.69, 9.17) is 5.73 Å². The summed E-state index contributed by atoms with van der Waals surface area (Å²) in [6.45, 7) is 6.99. The van der Waals surface area contributed by atoms with Crippen molar-refractivity contribution in [1.29, 1.82) is 0 Å². The maximum atomic E-state index is 12.5. The third-order valence-corrected chi connectivity index (χ3v) is 2.13. The molecule has 16 heavy (non-hydrogen) atoms. The van der Waals surface area contributed by atoms with Crippen LogP contribution in [-0.4, -0.2) is 9.78 Å². The lowest BCUT2D eigenvalue weighted by atomic mass is 10.1. The van der Waals surface area contributed by atoms with Gasteiger partial charge in [0.1, 0.15) is 0 Å². The van der Waals surface area contributed by atoms with E-state index in [1.54, 1.807) is 27.7 Å². The second-order valence-corrected chi connectivity index (χ2v) is 4.82. The van der Waals surface area contributed by atoms with E-state index in [2.05, 4.69) is 5.10 Å². The van der Waals surface area contributed by atoms with Gasteiger partial charge >= 0.3 is 6.18 Å². The molecule has 0 aliphatic carbocycles. The molecule has 6 heteroatoms. The Bertz CT molecular complexity index is 372. The highest BCUT2D eigenvalue weighted by Crippen LogP contribution is 2.31. The van der Waals surface area contributed by atoms with E-state index in [9.17, 15) is 13.2 Å². The van der Waals surface area contributed by atoms with Crippen molar-refractivity contribution >= 4 is 0 Å². The molecule has 1 heterocycles. The van der Waals surface area contributed by atoms with Gasteiger partial charge in [0.15, 0.2) is 5.69 Å². The standard InChI is InChI=1S/C10H16F3N3/c1-6(14)7-5-8(10(11,12)13)15-16(7)9(2,3)4/h5-6H,14H2,1-4H3. The maximum Gasteiger partial charge on any atom is 0.435 e. The highest BCUT2D eigenvalue weighted by Gasteiger charge is 2.36. The zero-order chi connectivity index (χ0) is 12.7. The lowest BCUT2D eigenvalue weighted by molar-refractivity contribution is -0.141. The van der Waals surface area contributed by atoms with Gasteiger partial charge < -0.3 is 5.73 Å². The minimum Gasteiger partial charge on any atom is -0.323 e. The quantitative estimate of drug-likeness (QED) is 0.813. The normalized spacial score (nSPS) is 15.2. The van der Waals surface area contributed by atoms with Gasteiger partial charge in [-0.3, -0.25) is 4.68 Å². The molecule has 0 aliphatic rings. The van der Waals surface area contributed by atoms with Gasteiger partial charge in [0.05, 0.1) is 11.2 Å². The van der Waals surface area contributed by atoms with Crippen LogP contribution >= 0.6 is 0 Å². The summed E-state index contributed by atoms with van der Waals surface area (Å²) in [7, 11) is 0. The second-order valence-electron chi connectivity index (χ2n) is 4.82. The number of hydrogen-bond donors (Lipinski definition) is 1. The average molecular weight is 235 g/mol. The molecule has 0 saturated carbocycles. The molecule has 1 atom stereocenters. The van der Waals surface area contributed by atoms with Crippen molar-refractivity contribution in [2.24, 2.45) is 5.73 Å². The number of alkyl halides is 3. The Kier molecular flexibility index (Phi) is 3.06. The first-order valence-electron chi connectivity index (χ1n) is 4.96. The van der Waals surface area contributed by atoms with Gasteiger partial charge in [-0.15, -0.1) is 0 Å². The lowest BCUT2D eigenvalue weighted by Crippen LogP contribution is -2.28. The zero-order valence-electron chi connectivity index (χ0n) is 9.76. The molecule has 1 rings (SSSR count). The summed E-state index contributed by atoms with van der Waals surface area (Å²) in [5, 5.41) is 3.59. The molecular formula is C10H16F3N3. The summed E-state index contributed by atoms with van der Waals surface area (Å²) < 4.78 is 38.9. The van der Waals surface area contributed by atoms with Crippen molar-refractivity contribution in [2.75, 3.05) is 0 Å². The van der Waals surface area contributed by atoms with Gasteiger partial charge in [-0.25, -0.2) is 0 Å². The van der Waals surface area contributed by atoms with Crippen LogP contribution in [0.2, 0.25) is 0 Å². The van der Waals surface area contributed by atoms with E-state index < -0.39 is 23.5 Å². The summed E-state index contributed by atoms with van der Waals surface area (Å²) in [5.41, 5.74) is 4.61. The molecule has 0 aromatic carbocycles. The summed E-state index contributed by atoms with van der Waals surface area (Å²) in [4.78, 5) is 0. The van der Waals surface area contributed by atoms with E-state index in [-0.39, 0.29) is 0 Å². The zero-order valence-corrected chi connectivity index (χ0v) is 9.76. The summed E-state index contributed by atoms with van der Waals surface area (Å²) >= 11 is 0. The van der Waals surface area contributed by atoms with Gasteiger partial charge in [0.25, 0.3) is 0 Å². The van der Waals surface area contributed by atoms with Crippen LogP contribution in [0.4, 0.5) is 13.2 Å². The summed E-state index contributed by atoms with van der Waals surface area (Å²) in [6, 6.07) is 0.526. The smallest absolute Gasteiger partial charge is 0.323 e. The summed E-state index contributed by atoms with van der Waals surface area (Å²) in [6.07, 6.45) is -4.43. The molecule has 0 aliphatic heterocycles. The van der Waals surface area contributed by atoms with Gasteiger partial charge in [-0.1, -0.05) is 0 Å². The minimum absolute atomic E-state index is 0.389. The molecule has 1 unspecified atom stereocenters. The molecule has 2 N–H and O–H groups in total. The van der Waals surface area contributed by atoms with Crippen LogP contribution in [0.5, 0.6) is 0 Å². The van der Waals surface area contributed by atoms with E-state index >= 15 is 0 Å². The number of nitrogens with two attached hydrogens (primary N) is 1. The van der Waals surface area contributed by atoms with Gasteiger partial charge in [-0.05, 0) is 33.8 Å². The van der Waals surface area contributed by atoms with Crippen LogP contribution in [0.1, 0.15) is 45.1 Å². The molecule has 92 valence electrons. The fourth-order valence-electron chi connectivity index (χ4n) is 1.40.